The molecule has 0 aromatic heterocycles. The van der Waals surface area contributed by atoms with E-state index in [-0.39, 0.29) is 6.09 Å². The van der Waals surface area contributed by atoms with E-state index < -0.39 is 0 Å². The summed E-state index contributed by atoms with van der Waals surface area (Å²) in [5, 5.41) is 0. The molecule has 0 bridgehead atoms. The molecule has 0 unspecified atom stereocenters. The number of hydrogen-bond acceptors (Lipinski definition) is 4. The molecule has 0 radical (unpaired) electrons. The second-order valence-electron chi connectivity index (χ2n) is 5.00. The van der Waals surface area contributed by atoms with E-state index in [1.165, 1.54) is 0 Å². The molecular formula is C15H22N2O3. The number of ether oxygens (including phenoxy) is 2. The summed E-state index contributed by atoms with van der Waals surface area (Å²) in [5.41, 5.74) is 6.38. The molecule has 1 fully saturated rings. The molecule has 2 rings (SSSR count). The van der Waals surface area contributed by atoms with Crippen molar-refractivity contribution in [1.29, 1.82) is 0 Å². The number of nitrogens with two attached hydrogens (primary N) is 1. The molecular weight excluding hydrogens is 256 g/mol. The van der Waals surface area contributed by atoms with Gasteiger partial charge in [0.15, 0.2) is 0 Å². The zero-order valence-corrected chi connectivity index (χ0v) is 11.7. The van der Waals surface area contributed by atoms with Crippen molar-refractivity contribution in [2.24, 2.45) is 11.7 Å². The van der Waals surface area contributed by atoms with Crippen LogP contribution < -0.4 is 5.73 Å². The molecule has 1 aromatic rings. The third-order valence-corrected chi connectivity index (χ3v) is 3.36. The monoisotopic (exact) mass is 278 g/mol. The Balaban J connectivity index is 1.69. The second-order valence-corrected chi connectivity index (χ2v) is 5.00. The fraction of sp³-hybridized carbons (Fsp3) is 0.533. The number of rotatable bonds is 6. The van der Waals surface area contributed by atoms with Crippen LogP contribution in [-0.4, -0.2) is 43.8 Å². The molecule has 110 valence electrons. The summed E-state index contributed by atoms with van der Waals surface area (Å²) in [6, 6.07) is 9.70. The lowest BCUT2D eigenvalue weighted by molar-refractivity contribution is 0.0916. The largest absolute Gasteiger partial charge is 0.445 e. The number of carbonyl (C=O) groups excluding carboxylic acids is 1. The second kappa shape index (κ2) is 7.87. The van der Waals surface area contributed by atoms with Crippen LogP contribution in [0.3, 0.4) is 0 Å². The van der Waals surface area contributed by atoms with Crippen molar-refractivity contribution in [3.63, 3.8) is 0 Å². The first-order valence-electron chi connectivity index (χ1n) is 7.03. The predicted molar refractivity (Wildman–Crippen MR) is 76.2 cm³/mol. The molecule has 1 atom stereocenters. The maximum atomic E-state index is 11.9. The van der Waals surface area contributed by atoms with Gasteiger partial charge in [-0.1, -0.05) is 30.3 Å². The first-order chi connectivity index (χ1) is 9.79. The number of hydrogen-bond donors (Lipinski definition) is 1. The molecule has 1 amide bonds. The Morgan fingerprint density at radius 2 is 2.15 bits per heavy atom. The third kappa shape index (κ3) is 4.51. The minimum absolute atomic E-state index is 0.241. The predicted octanol–water partition coefficient (Wildman–Crippen LogP) is 1.62. The van der Waals surface area contributed by atoms with Crippen molar-refractivity contribution in [1.82, 2.24) is 4.90 Å². The van der Waals surface area contributed by atoms with Crippen molar-refractivity contribution >= 4 is 6.09 Å². The lowest BCUT2D eigenvalue weighted by atomic mass is 10.1. The average molecular weight is 278 g/mol. The van der Waals surface area contributed by atoms with Crippen LogP contribution in [0.15, 0.2) is 30.3 Å². The molecule has 20 heavy (non-hydrogen) atoms. The normalized spacial score (nSPS) is 18.2. The molecule has 5 nitrogen and oxygen atoms in total. The van der Waals surface area contributed by atoms with Gasteiger partial charge in [0, 0.05) is 25.6 Å². The molecule has 0 saturated carbocycles. The molecule has 1 aliphatic rings. The fourth-order valence-electron chi connectivity index (χ4n) is 2.28. The molecule has 1 saturated heterocycles. The van der Waals surface area contributed by atoms with Crippen molar-refractivity contribution in [2.45, 2.75) is 13.0 Å². The Kier molecular flexibility index (Phi) is 5.83. The smallest absolute Gasteiger partial charge is 0.410 e. The van der Waals surface area contributed by atoms with E-state index in [1.54, 1.807) is 4.90 Å². The summed E-state index contributed by atoms with van der Waals surface area (Å²) in [6.45, 7) is 3.55. The van der Waals surface area contributed by atoms with Gasteiger partial charge in [-0.05, 0) is 12.0 Å². The minimum Gasteiger partial charge on any atom is -0.445 e. The minimum atomic E-state index is -0.241. The number of amides is 1. The number of carbonyl (C=O) groups is 1. The Morgan fingerprint density at radius 1 is 1.35 bits per heavy atom. The first kappa shape index (κ1) is 14.8. The lowest BCUT2D eigenvalue weighted by Crippen LogP contribution is -2.30. The fourth-order valence-corrected chi connectivity index (χ4v) is 2.28. The lowest BCUT2D eigenvalue weighted by Gasteiger charge is -2.16. The topological polar surface area (TPSA) is 64.8 Å². The van der Waals surface area contributed by atoms with Crippen molar-refractivity contribution in [3.8, 4) is 0 Å². The van der Waals surface area contributed by atoms with E-state index in [9.17, 15) is 4.79 Å². The Morgan fingerprint density at radius 3 is 2.90 bits per heavy atom. The van der Waals surface area contributed by atoms with E-state index in [4.69, 9.17) is 15.2 Å². The van der Waals surface area contributed by atoms with Crippen molar-refractivity contribution < 1.29 is 14.3 Å². The zero-order chi connectivity index (χ0) is 14.2. The van der Waals surface area contributed by atoms with Gasteiger partial charge in [-0.2, -0.15) is 0 Å². The molecule has 1 heterocycles. The molecule has 1 aromatic carbocycles. The number of likely N-dealkylation sites (tertiary alicyclic amines) is 1. The maximum Gasteiger partial charge on any atom is 0.410 e. The molecule has 5 heteroatoms. The van der Waals surface area contributed by atoms with Crippen LogP contribution in [0.5, 0.6) is 0 Å². The Hall–Kier alpha value is -1.59. The molecule has 0 spiro atoms. The molecule has 1 aliphatic heterocycles. The van der Waals surface area contributed by atoms with Crippen LogP contribution in [0.2, 0.25) is 0 Å². The third-order valence-electron chi connectivity index (χ3n) is 3.36. The van der Waals surface area contributed by atoms with Crippen LogP contribution in [0.4, 0.5) is 4.79 Å². The van der Waals surface area contributed by atoms with Gasteiger partial charge in [0.1, 0.15) is 6.61 Å². The Bertz CT molecular complexity index is 411. The van der Waals surface area contributed by atoms with Gasteiger partial charge in [0.25, 0.3) is 0 Å². The summed E-state index contributed by atoms with van der Waals surface area (Å²) in [4.78, 5) is 13.7. The van der Waals surface area contributed by atoms with E-state index in [2.05, 4.69) is 0 Å². The van der Waals surface area contributed by atoms with Crippen LogP contribution in [0, 0.1) is 5.92 Å². The summed E-state index contributed by atoms with van der Waals surface area (Å²) in [6.07, 6.45) is 0.723. The highest BCUT2D eigenvalue weighted by atomic mass is 16.6. The summed E-state index contributed by atoms with van der Waals surface area (Å²) in [5.74, 6) is 0.394. The SMILES string of the molecule is NCCOC[C@@H]1CCN(C(=O)OCc2ccccc2)C1. The van der Waals surface area contributed by atoms with Crippen molar-refractivity contribution in [3.05, 3.63) is 35.9 Å². The van der Waals surface area contributed by atoms with Crippen LogP contribution in [0.25, 0.3) is 0 Å². The highest BCUT2D eigenvalue weighted by molar-refractivity contribution is 5.68. The summed E-state index contributed by atoms with van der Waals surface area (Å²) >= 11 is 0. The van der Waals surface area contributed by atoms with E-state index >= 15 is 0 Å². The molecule has 2 N–H and O–H groups in total. The quantitative estimate of drug-likeness (QED) is 0.803. The summed E-state index contributed by atoms with van der Waals surface area (Å²) in [7, 11) is 0. The van der Waals surface area contributed by atoms with Gasteiger partial charge in [0.05, 0.1) is 13.2 Å². The van der Waals surface area contributed by atoms with Crippen LogP contribution in [-0.2, 0) is 16.1 Å². The highest BCUT2D eigenvalue weighted by Gasteiger charge is 2.27. The first-order valence-corrected chi connectivity index (χ1v) is 7.03. The highest BCUT2D eigenvalue weighted by Crippen LogP contribution is 2.17. The number of nitrogens with zero attached hydrogens (tertiary/aromatic N) is 1. The van der Waals surface area contributed by atoms with Gasteiger partial charge in [-0.25, -0.2) is 4.79 Å². The summed E-state index contributed by atoms with van der Waals surface area (Å²) < 4.78 is 10.7. The van der Waals surface area contributed by atoms with Gasteiger partial charge < -0.3 is 20.1 Å². The standard InChI is InChI=1S/C15H22N2O3/c16-7-9-19-11-14-6-8-17(10-14)15(18)20-12-13-4-2-1-3-5-13/h1-5,14H,6-12,16H2/t14-/m1/s1. The number of benzene rings is 1. The maximum absolute atomic E-state index is 11.9. The molecule has 0 aliphatic carbocycles. The average Bonchev–Trinajstić information content (AvgIpc) is 2.95. The Labute approximate surface area is 119 Å². The van der Waals surface area contributed by atoms with Crippen LogP contribution in [0.1, 0.15) is 12.0 Å². The van der Waals surface area contributed by atoms with E-state index in [1.807, 2.05) is 30.3 Å². The van der Waals surface area contributed by atoms with Gasteiger partial charge in [-0.3, -0.25) is 0 Å². The van der Waals surface area contributed by atoms with Gasteiger partial charge in [0.2, 0.25) is 0 Å². The van der Waals surface area contributed by atoms with E-state index in [0.717, 1.165) is 18.5 Å². The van der Waals surface area contributed by atoms with Crippen LogP contribution >= 0.6 is 0 Å². The van der Waals surface area contributed by atoms with Gasteiger partial charge in [-0.15, -0.1) is 0 Å². The van der Waals surface area contributed by atoms with Gasteiger partial charge >= 0.3 is 6.09 Å². The van der Waals surface area contributed by atoms with E-state index in [0.29, 0.717) is 38.8 Å². The van der Waals surface area contributed by atoms with Crippen molar-refractivity contribution in [2.75, 3.05) is 32.8 Å². The zero-order valence-electron chi connectivity index (χ0n) is 11.7.